The number of benzene rings is 1. The molecule has 1 N–H and O–H groups in total. The van der Waals surface area contributed by atoms with Crippen LogP contribution in [0.5, 0.6) is 0 Å². The Hall–Kier alpha value is -1.21. The van der Waals surface area contributed by atoms with Gasteiger partial charge in [-0.15, -0.1) is 0 Å². The summed E-state index contributed by atoms with van der Waals surface area (Å²) >= 11 is 3.06. The zero-order valence-electron chi connectivity index (χ0n) is 11.2. The molecule has 1 unspecified atom stereocenters. The summed E-state index contributed by atoms with van der Waals surface area (Å²) in [6, 6.07) is 2.72. The molecule has 0 spiro atoms. The van der Waals surface area contributed by atoms with Gasteiger partial charge in [-0.1, -0.05) is 6.42 Å². The lowest BCUT2D eigenvalue weighted by atomic mass is 10.0. The molecule has 5 nitrogen and oxygen atoms in total. The van der Waals surface area contributed by atoms with Gasteiger partial charge in [-0.25, -0.2) is 4.39 Å². The van der Waals surface area contributed by atoms with Crippen LogP contribution in [0.2, 0.25) is 0 Å². The minimum Gasteiger partial charge on any atom is -0.378 e. The van der Waals surface area contributed by atoms with E-state index in [4.69, 9.17) is 0 Å². The molecule has 1 saturated heterocycles. The summed E-state index contributed by atoms with van der Waals surface area (Å²) in [6.45, 7) is 1.66. The van der Waals surface area contributed by atoms with Gasteiger partial charge >= 0.3 is 0 Å². The van der Waals surface area contributed by atoms with E-state index in [0.29, 0.717) is 18.3 Å². The lowest BCUT2D eigenvalue weighted by molar-refractivity contribution is -0.384. The Bertz CT molecular complexity index is 513. The third-order valence-corrected chi connectivity index (χ3v) is 4.29. The number of halogens is 2. The van der Waals surface area contributed by atoms with Crippen LogP contribution in [0.25, 0.3) is 0 Å². The number of piperidine rings is 1. The first-order valence-corrected chi connectivity index (χ1v) is 7.36. The maximum atomic E-state index is 13.4. The molecule has 0 bridgehead atoms. The highest BCUT2D eigenvalue weighted by Crippen LogP contribution is 2.30. The Morgan fingerprint density at radius 2 is 2.30 bits per heavy atom. The molecule has 1 aromatic carbocycles. The SMILES string of the molecule is CN1CCCCC1CNc1cc(Br)c(F)cc1[N+](=O)[O-]. The van der Waals surface area contributed by atoms with Crippen molar-refractivity contribution in [2.24, 2.45) is 0 Å². The summed E-state index contributed by atoms with van der Waals surface area (Å²) in [5.41, 5.74) is 0.117. The summed E-state index contributed by atoms with van der Waals surface area (Å²) < 4.78 is 13.6. The largest absolute Gasteiger partial charge is 0.378 e. The van der Waals surface area contributed by atoms with Crippen LogP contribution in [0.4, 0.5) is 15.8 Å². The van der Waals surface area contributed by atoms with E-state index in [9.17, 15) is 14.5 Å². The maximum Gasteiger partial charge on any atom is 0.295 e. The molecule has 1 fully saturated rings. The highest BCUT2D eigenvalue weighted by Gasteiger charge is 2.21. The minimum absolute atomic E-state index is 0.225. The van der Waals surface area contributed by atoms with Crippen molar-refractivity contribution < 1.29 is 9.31 Å². The molecule has 1 aromatic rings. The van der Waals surface area contributed by atoms with Crippen molar-refractivity contribution in [1.29, 1.82) is 0 Å². The molecule has 1 atom stereocenters. The van der Waals surface area contributed by atoms with Crippen molar-refractivity contribution in [1.82, 2.24) is 4.90 Å². The summed E-state index contributed by atoms with van der Waals surface area (Å²) in [7, 11) is 2.06. The number of nitro benzene ring substituents is 1. The van der Waals surface area contributed by atoms with Crippen molar-refractivity contribution in [3.8, 4) is 0 Å². The van der Waals surface area contributed by atoms with Crippen molar-refractivity contribution in [3.63, 3.8) is 0 Å². The van der Waals surface area contributed by atoms with Crippen LogP contribution >= 0.6 is 15.9 Å². The molecule has 2 rings (SSSR count). The predicted molar refractivity (Wildman–Crippen MR) is 79.5 cm³/mol. The quantitative estimate of drug-likeness (QED) is 0.671. The predicted octanol–water partition coefficient (Wildman–Crippen LogP) is 3.39. The summed E-state index contributed by atoms with van der Waals surface area (Å²) in [6.07, 6.45) is 3.43. The monoisotopic (exact) mass is 345 g/mol. The topological polar surface area (TPSA) is 58.4 Å². The molecule has 20 heavy (non-hydrogen) atoms. The fourth-order valence-corrected chi connectivity index (χ4v) is 2.80. The lowest BCUT2D eigenvalue weighted by Crippen LogP contribution is -2.40. The number of anilines is 1. The molecular formula is C13H17BrFN3O2. The maximum absolute atomic E-state index is 13.4. The van der Waals surface area contributed by atoms with E-state index in [2.05, 4.69) is 33.2 Å². The molecule has 0 aliphatic carbocycles. The van der Waals surface area contributed by atoms with E-state index in [1.54, 1.807) is 0 Å². The van der Waals surface area contributed by atoms with Crippen LogP contribution in [-0.4, -0.2) is 36.0 Å². The fourth-order valence-electron chi connectivity index (χ4n) is 2.46. The van der Waals surface area contributed by atoms with Crippen molar-refractivity contribution in [2.75, 3.05) is 25.5 Å². The molecule has 1 heterocycles. The van der Waals surface area contributed by atoms with Gasteiger partial charge in [0.15, 0.2) is 0 Å². The van der Waals surface area contributed by atoms with Gasteiger partial charge in [0.1, 0.15) is 11.5 Å². The fraction of sp³-hybridized carbons (Fsp3) is 0.538. The Morgan fingerprint density at radius 3 is 2.95 bits per heavy atom. The second-order valence-electron chi connectivity index (χ2n) is 5.05. The number of nitrogens with one attached hydrogen (secondary N) is 1. The van der Waals surface area contributed by atoms with Crippen LogP contribution in [0, 0.1) is 15.9 Å². The van der Waals surface area contributed by atoms with E-state index < -0.39 is 10.7 Å². The Balaban J connectivity index is 2.12. The van der Waals surface area contributed by atoms with Gasteiger partial charge in [-0.05, 0) is 48.4 Å². The average molecular weight is 346 g/mol. The van der Waals surface area contributed by atoms with Crippen molar-refractivity contribution in [3.05, 3.63) is 32.5 Å². The lowest BCUT2D eigenvalue weighted by Gasteiger charge is -2.32. The van der Waals surface area contributed by atoms with Crippen LogP contribution in [0.15, 0.2) is 16.6 Å². The number of rotatable bonds is 4. The molecule has 1 aliphatic heterocycles. The van der Waals surface area contributed by atoms with Gasteiger partial charge < -0.3 is 10.2 Å². The molecule has 7 heteroatoms. The Morgan fingerprint density at radius 1 is 1.55 bits per heavy atom. The molecule has 0 amide bonds. The number of hydrogen-bond donors (Lipinski definition) is 1. The van der Waals surface area contributed by atoms with Gasteiger partial charge in [0, 0.05) is 12.6 Å². The first kappa shape index (κ1) is 15.2. The van der Waals surface area contributed by atoms with E-state index >= 15 is 0 Å². The number of hydrogen-bond acceptors (Lipinski definition) is 4. The van der Waals surface area contributed by atoms with E-state index in [0.717, 1.165) is 19.0 Å². The number of nitrogens with zero attached hydrogens (tertiary/aromatic N) is 2. The number of likely N-dealkylation sites (N-methyl/N-ethyl adjacent to an activating group) is 1. The van der Waals surface area contributed by atoms with Crippen LogP contribution < -0.4 is 5.32 Å². The minimum atomic E-state index is -0.628. The summed E-state index contributed by atoms with van der Waals surface area (Å²) in [5, 5.41) is 14.1. The second-order valence-corrected chi connectivity index (χ2v) is 5.91. The smallest absolute Gasteiger partial charge is 0.295 e. The van der Waals surface area contributed by atoms with Crippen LogP contribution in [0.3, 0.4) is 0 Å². The highest BCUT2D eigenvalue weighted by molar-refractivity contribution is 9.10. The number of likely N-dealkylation sites (tertiary alicyclic amines) is 1. The Kier molecular flexibility index (Phi) is 4.93. The summed E-state index contributed by atoms with van der Waals surface area (Å²) in [4.78, 5) is 12.7. The van der Waals surface area contributed by atoms with Gasteiger partial charge in [0.05, 0.1) is 15.5 Å². The van der Waals surface area contributed by atoms with E-state index in [1.165, 1.54) is 18.9 Å². The van der Waals surface area contributed by atoms with Crippen molar-refractivity contribution in [2.45, 2.75) is 25.3 Å². The molecule has 0 aromatic heterocycles. The summed E-state index contributed by atoms with van der Waals surface area (Å²) in [5.74, 6) is -0.628. The van der Waals surface area contributed by atoms with Crippen LogP contribution in [0.1, 0.15) is 19.3 Å². The van der Waals surface area contributed by atoms with E-state index in [1.807, 2.05) is 0 Å². The first-order chi connectivity index (χ1) is 9.49. The van der Waals surface area contributed by atoms with Crippen molar-refractivity contribution >= 4 is 27.3 Å². The van der Waals surface area contributed by atoms with Gasteiger partial charge in [0.25, 0.3) is 5.69 Å². The number of nitro groups is 1. The molecule has 0 radical (unpaired) electrons. The standard InChI is InChI=1S/C13H17BrFN3O2/c1-17-5-3-2-4-9(17)8-16-12-6-10(14)11(15)7-13(12)18(19)20/h6-7,9,16H,2-5,8H2,1H3. The molecular weight excluding hydrogens is 329 g/mol. The van der Waals surface area contributed by atoms with Crippen LogP contribution in [-0.2, 0) is 0 Å². The first-order valence-electron chi connectivity index (χ1n) is 6.56. The highest BCUT2D eigenvalue weighted by atomic mass is 79.9. The third kappa shape index (κ3) is 3.46. The van der Waals surface area contributed by atoms with Gasteiger partial charge in [0.2, 0.25) is 0 Å². The molecule has 1 aliphatic rings. The molecule has 110 valence electrons. The zero-order chi connectivity index (χ0) is 14.7. The molecule has 0 saturated carbocycles. The normalized spacial score (nSPS) is 19.9. The third-order valence-electron chi connectivity index (χ3n) is 3.68. The van der Waals surface area contributed by atoms with Gasteiger partial charge in [-0.2, -0.15) is 0 Å². The van der Waals surface area contributed by atoms with E-state index in [-0.39, 0.29) is 10.2 Å². The zero-order valence-corrected chi connectivity index (χ0v) is 12.8. The van der Waals surface area contributed by atoms with Gasteiger partial charge in [-0.3, -0.25) is 10.1 Å². The average Bonchev–Trinajstić information content (AvgIpc) is 2.41. The Labute approximate surface area is 125 Å². The second kappa shape index (κ2) is 6.49.